The average molecular weight is 453 g/mol. The summed E-state index contributed by atoms with van der Waals surface area (Å²) >= 11 is 0. The normalized spacial score (nSPS) is 11.1. The lowest BCUT2D eigenvalue weighted by molar-refractivity contribution is -0.119. The van der Waals surface area contributed by atoms with Crippen LogP contribution < -0.4 is 14.4 Å². The molecule has 7 heteroatoms. The number of carbonyl (C=O) groups excluding carboxylic acids is 1. The van der Waals surface area contributed by atoms with E-state index < -0.39 is 15.9 Å². The van der Waals surface area contributed by atoms with Crippen molar-refractivity contribution in [3.63, 3.8) is 0 Å². The summed E-state index contributed by atoms with van der Waals surface area (Å²) in [5.74, 6) is 0.248. The SMILES string of the molecule is COc1ccccc1CNC(=O)CN(c1ccc(C)cc1C)S(=O)(=O)c1ccc(C)cc1. The van der Waals surface area contributed by atoms with Crippen molar-refractivity contribution in [2.45, 2.75) is 32.2 Å². The van der Waals surface area contributed by atoms with E-state index in [0.29, 0.717) is 11.4 Å². The van der Waals surface area contributed by atoms with Crippen LogP contribution in [0.3, 0.4) is 0 Å². The number of methoxy groups -OCH3 is 1. The van der Waals surface area contributed by atoms with Gasteiger partial charge in [-0.25, -0.2) is 8.42 Å². The highest BCUT2D eigenvalue weighted by atomic mass is 32.2. The van der Waals surface area contributed by atoms with Gasteiger partial charge in [0.05, 0.1) is 17.7 Å². The number of anilines is 1. The molecule has 0 atom stereocenters. The molecule has 32 heavy (non-hydrogen) atoms. The van der Waals surface area contributed by atoms with E-state index in [1.165, 1.54) is 4.31 Å². The Balaban J connectivity index is 1.90. The van der Waals surface area contributed by atoms with Gasteiger partial charge in [-0.15, -0.1) is 0 Å². The van der Waals surface area contributed by atoms with Crippen molar-refractivity contribution in [3.05, 3.63) is 89.0 Å². The largest absolute Gasteiger partial charge is 0.496 e. The molecule has 0 aliphatic heterocycles. The molecule has 0 aromatic heterocycles. The lowest BCUT2D eigenvalue weighted by Gasteiger charge is -2.26. The standard InChI is InChI=1S/C25H28N2O4S/c1-18-9-12-22(13-10-18)32(29,30)27(23-14-11-19(2)15-20(23)3)17-25(28)26-16-21-7-5-6-8-24(21)31-4/h5-15H,16-17H2,1-4H3,(H,26,28). The van der Waals surface area contributed by atoms with Gasteiger partial charge < -0.3 is 10.1 Å². The van der Waals surface area contributed by atoms with Gasteiger partial charge >= 0.3 is 0 Å². The molecular weight excluding hydrogens is 424 g/mol. The van der Waals surface area contributed by atoms with E-state index in [-0.39, 0.29) is 18.0 Å². The van der Waals surface area contributed by atoms with Crippen molar-refractivity contribution < 1.29 is 17.9 Å². The van der Waals surface area contributed by atoms with E-state index in [9.17, 15) is 13.2 Å². The molecule has 0 unspecified atom stereocenters. The molecule has 0 bridgehead atoms. The van der Waals surface area contributed by atoms with Gasteiger partial charge in [-0.3, -0.25) is 9.10 Å². The Morgan fingerprint density at radius 2 is 1.59 bits per heavy atom. The number of hydrogen-bond donors (Lipinski definition) is 1. The first-order valence-electron chi connectivity index (χ1n) is 10.3. The van der Waals surface area contributed by atoms with Crippen LogP contribution in [0, 0.1) is 20.8 Å². The van der Waals surface area contributed by atoms with E-state index in [0.717, 1.165) is 22.3 Å². The zero-order valence-corrected chi connectivity index (χ0v) is 19.6. The molecular formula is C25H28N2O4S. The Morgan fingerprint density at radius 3 is 2.25 bits per heavy atom. The summed E-state index contributed by atoms with van der Waals surface area (Å²) in [5.41, 5.74) is 4.03. The molecule has 0 aliphatic carbocycles. The molecule has 0 spiro atoms. The van der Waals surface area contributed by atoms with Crippen LogP contribution >= 0.6 is 0 Å². The van der Waals surface area contributed by atoms with Crippen molar-refractivity contribution in [2.24, 2.45) is 0 Å². The van der Waals surface area contributed by atoms with Gasteiger partial charge in [0.2, 0.25) is 5.91 Å². The smallest absolute Gasteiger partial charge is 0.264 e. The Hall–Kier alpha value is -3.32. The molecule has 3 aromatic carbocycles. The third-order valence-electron chi connectivity index (χ3n) is 5.19. The summed E-state index contributed by atoms with van der Waals surface area (Å²) in [5, 5.41) is 2.81. The topological polar surface area (TPSA) is 75.7 Å². The lowest BCUT2D eigenvalue weighted by atomic mass is 10.1. The number of ether oxygens (including phenoxy) is 1. The summed E-state index contributed by atoms with van der Waals surface area (Å²) in [6, 6.07) is 19.5. The number of benzene rings is 3. The number of nitrogens with zero attached hydrogens (tertiary/aromatic N) is 1. The van der Waals surface area contributed by atoms with Gasteiger partial charge in [0.15, 0.2) is 0 Å². The summed E-state index contributed by atoms with van der Waals surface area (Å²) in [4.78, 5) is 13.0. The Morgan fingerprint density at radius 1 is 0.938 bits per heavy atom. The maximum atomic E-state index is 13.5. The molecule has 0 heterocycles. The fourth-order valence-electron chi connectivity index (χ4n) is 3.45. The van der Waals surface area contributed by atoms with Gasteiger partial charge in [-0.2, -0.15) is 0 Å². The molecule has 168 valence electrons. The van der Waals surface area contributed by atoms with Gasteiger partial charge in [0, 0.05) is 12.1 Å². The Kier molecular flexibility index (Phi) is 7.20. The number of hydrogen-bond acceptors (Lipinski definition) is 4. The Labute approximate surface area is 189 Å². The zero-order valence-electron chi connectivity index (χ0n) is 18.8. The molecule has 0 aliphatic rings. The lowest BCUT2D eigenvalue weighted by Crippen LogP contribution is -2.41. The highest BCUT2D eigenvalue weighted by Crippen LogP contribution is 2.28. The number of aryl methyl sites for hydroxylation is 3. The summed E-state index contributed by atoms with van der Waals surface area (Å²) in [7, 11) is -2.38. The van der Waals surface area contributed by atoms with Crippen molar-refractivity contribution in [2.75, 3.05) is 18.0 Å². The average Bonchev–Trinajstić information content (AvgIpc) is 2.77. The minimum Gasteiger partial charge on any atom is -0.496 e. The first-order chi connectivity index (χ1) is 15.2. The summed E-state index contributed by atoms with van der Waals surface area (Å²) in [6.07, 6.45) is 0. The van der Waals surface area contributed by atoms with E-state index in [2.05, 4.69) is 5.32 Å². The number of carbonyl (C=O) groups is 1. The predicted octanol–water partition coefficient (Wildman–Crippen LogP) is 4.13. The highest BCUT2D eigenvalue weighted by molar-refractivity contribution is 7.92. The van der Waals surface area contributed by atoms with Gasteiger partial charge in [0.1, 0.15) is 12.3 Å². The number of amides is 1. The molecule has 0 fully saturated rings. The number of para-hydroxylation sites is 1. The maximum Gasteiger partial charge on any atom is 0.264 e. The summed E-state index contributed by atoms with van der Waals surface area (Å²) < 4.78 is 33.5. The van der Waals surface area contributed by atoms with Crippen LogP contribution in [0.15, 0.2) is 71.6 Å². The highest BCUT2D eigenvalue weighted by Gasteiger charge is 2.28. The third-order valence-corrected chi connectivity index (χ3v) is 6.96. The quantitative estimate of drug-likeness (QED) is 0.558. The number of rotatable bonds is 8. The van der Waals surface area contributed by atoms with Crippen LogP contribution in [0.25, 0.3) is 0 Å². The van der Waals surface area contributed by atoms with E-state index in [1.54, 1.807) is 37.4 Å². The van der Waals surface area contributed by atoms with E-state index >= 15 is 0 Å². The second kappa shape index (κ2) is 9.87. The van der Waals surface area contributed by atoms with E-state index in [4.69, 9.17) is 4.74 Å². The van der Waals surface area contributed by atoms with Crippen LogP contribution in [0.1, 0.15) is 22.3 Å². The molecule has 6 nitrogen and oxygen atoms in total. The minimum atomic E-state index is -3.95. The van der Waals surface area contributed by atoms with Gasteiger partial charge in [-0.1, -0.05) is 53.6 Å². The molecule has 1 amide bonds. The van der Waals surface area contributed by atoms with Gasteiger partial charge in [-0.05, 0) is 50.6 Å². The molecule has 0 radical (unpaired) electrons. The van der Waals surface area contributed by atoms with E-state index in [1.807, 2.05) is 57.2 Å². The molecule has 0 saturated heterocycles. The van der Waals surface area contributed by atoms with Crippen molar-refractivity contribution in [1.82, 2.24) is 5.32 Å². The molecule has 1 N–H and O–H groups in total. The maximum absolute atomic E-state index is 13.5. The molecule has 3 aromatic rings. The molecule has 3 rings (SSSR count). The fraction of sp³-hybridized carbons (Fsp3) is 0.240. The number of nitrogens with one attached hydrogen (secondary N) is 1. The van der Waals surface area contributed by atoms with Crippen LogP contribution in [0.5, 0.6) is 5.75 Å². The second-order valence-electron chi connectivity index (χ2n) is 7.70. The monoisotopic (exact) mass is 452 g/mol. The van der Waals surface area contributed by atoms with Gasteiger partial charge in [0.25, 0.3) is 10.0 Å². The summed E-state index contributed by atoms with van der Waals surface area (Å²) in [6.45, 7) is 5.56. The fourth-order valence-corrected chi connectivity index (χ4v) is 4.94. The van der Waals surface area contributed by atoms with Crippen molar-refractivity contribution in [3.8, 4) is 5.75 Å². The van der Waals surface area contributed by atoms with Crippen molar-refractivity contribution in [1.29, 1.82) is 0 Å². The predicted molar refractivity (Wildman–Crippen MR) is 126 cm³/mol. The van der Waals surface area contributed by atoms with Crippen LogP contribution in [0.2, 0.25) is 0 Å². The van der Waals surface area contributed by atoms with Crippen molar-refractivity contribution >= 4 is 21.6 Å². The first kappa shape index (κ1) is 23.3. The second-order valence-corrected chi connectivity index (χ2v) is 9.57. The molecule has 0 saturated carbocycles. The number of sulfonamides is 1. The van der Waals surface area contributed by atoms with Crippen LogP contribution in [0.4, 0.5) is 5.69 Å². The zero-order chi connectivity index (χ0) is 23.3. The Bertz CT molecular complexity index is 1200. The van der Waals surface area contributed by atoms with Crippen LogP contribution in [-0.4, -0.2) is 28.0 Å². The minimum absolute atomic E-state index is 0.139. The van der Waals surface area contributed by atoms with Crippen LogP contribution in [-0.2, 0) is 21.4 Å². The third kappa shape index (κ3) is 5.29. The first-order valence-corrected chi connectivity index (χ1v) is 11.7.